The molecule has 1 amide bonds. The molecule has 4 heterocycles. The van der Waals surface area contributed by atoms with E-state index in [9.17, 15) is 4.79 Å². The Labute approximate surface area is 173 Å². The predicted molar refractivity (Wildman–Crippen MR) is 109 cm³/mol. The molecule has 2 aliphatic rings. The fraction of sp³-hybridized carbons (Fsp3) is 0.364. The van der Waals surface area contributed by atoms with Gasteiger partial charge in [0, 0.05) is 6.54 Å². The number of nitrogens with zero attached hydrogens (tertiary/aromatic N) is 2. The summed E-state index contributed by atoms with van der Waals surface area (Å²) in [6, 6.07) is 10.00. The van der Waals surface area contributed by atoms with Gasteiger partial charge < -0.3 is 18.8 Å². The molecule has 0 spiro atoms. The SMILES string of the molecule is Cc1oc(-c2cccs2)nc1CC(=O)N1CCCC1c1ccc2c(c1)OCCO2. The van der Waals surface area contributed by atoms with E-state index in [1.54, 1.807) is 11.3 Å². The highest BCUT2D eigenvalue weighted by Gasteiger charge is 2.31. The smallest absolute Gasteiger partial charge is 0.236 e. The molecule has 0 bridgehead atoms. The Morgan fingerprint density at radius 3 is 2.93 bits per heavy atom. The van der Waals surface area contributed by atoms with Crippen molar-refractivity contribution in [3.8, 4) is 22.3 Å². The molecule has 1 aromatic carbocycles. The van der Waals surface area contributed by atoms with Gasteiger partial charge in [0.2, 0.25) is 11.8 Å². The number of hydrogen-bond donors (Lipinski definition) is 0. The number of amides is 1. The van der Waals surface area contributed by atoms with E-state index in [0.29, 0.717) is 30.6 Å². The van der Waals surface area contributed by atoms with Crippen LogP contribution in [0.3, 0.4) is 0 Å². The summed E-state index contributed by atoms with van der Waals surface area (Å²) >= 11 is 1.58. The molecule has 0 radical (unpaired) electrons. The first kappa shape index (κ1) is 18.2. The number of aryl methyl sites for hydroxylation is 1. The van der Waals surface area contributed by atoms with Gasteiger partial charge in [-0.25, -0.2) is 4.98 Å². The molecule has 0 saturated carbocycles. The van der Waals surface area contributed by atoms with Gasteiger partial charge in [0.25, 0.3) is 0 Å². The fourth-order valence-corrected chi connectivity index (χ4v) is 4.67. The molecule has 2 aromatic heterocycles. The third kappa shape index (κ3) is 3.51. The second-order valence-electron chi connectivity index (χ2n) is 7.32. The van der Waals surface area contributed by atoms with Gasteiger partial charge in [-0.15, -0.1) is 11.3 Å². The van der Waals surface area contributed by atoms with Crippen molar-refractivity contribution in [1.82, 2.24) is 9.88 Å². The minimum atomic E-state index is 0.0577. The molecule has 3 aromatic rings. The van der Waals surface area contributed by atoms with Crippen molar-refractivity contribution < 1.29 is 18.7 Å². The highest BCUT2D eigenvalue weighted by molar-refractivity contribution is 7.13. The van der Waals surface area contributed by atoms with Crippen LogP contribution >= 0.6 is 11.3 Å². The van der Waals surface area contributed by atoms with Gasteiger partial charge in [-0.3, -0.25) is 4.79 Å². The molecule has 0 aliphatic carbocycles. The number of benzene rings is 1. The Bertz CT molecular complexity index is 1030. The zero-order valence-electron chi connectivity index (χ0n) is 16.2. The molecule has 1 saturated heterocycles. The van der Waals surface area contributed by atoms with Crippen LogP contribution in [0.5, 0.6) is 11.5 Å². The van der Waals surface area contributed by atoms with Gasteiger partial charge in [0.1, 0.15) is 19.0 Å². The molecule has 29 heavy (non-hydrogen) atoms. The van der Waals surface area contributed by atoms with Crippen molar-refractivity contribution in [3.63, 3.8) is 0 Å². The van der Waals surface area contributed by atoms with Crippen LogP contribution < -0.4 is 9.47 Å². The molecule has 7 heteroatoms. The lowest BCUT2D eigenvalue weighted by molar-refractivity contribution is -0.131. The normalized spacial score (nSPS) is 18.2. The number of fused-ring (bicyclic) bond motifs is 1. The van der Waals surface area contributed by atoms with Crippen molar-refractivity contribution in [3.05, 3.63) is 52.7 Å². The van der Waals surface area contributed by atoms with Crippen LogP contribution in [0.25, 0.3) is 10.8 Å². The molecule has 1 atom stereocenters. The van der Waals surface area contributed by atoms with Crippen molar-refractivity contribution in [1.29, 1.82) is 0 Å². The van der Waals surface area contributed by atoms with Gasteiger partial charge in [0.15, 0.2) is 11.5 Å². The van der Waals surface area contributed by atoms with E-state index in [-0.39, 0.29) is 18.4 Å². The van der Waals surface area contributed by atoms with Crippen LogP contribution in [0, 0.1) is 6.92 Å². The maximum absolute atomic E-state index is 13.1. The van der Waals surface area contributed by atoms with E-state index in [1.807, 2.05) is 47.5 Å². The molecule has 1 fully saturated rings. The summed E-state index contributed by atoms with van der Waals surface area (Å²) in [4.78, 5) is 20.6. The summed E-state index contributed by atoms with van der Waals surface area (Å²) < 4.78 is 17.1. The first-order valence-corrected chi connectivity index (χ1v) is 10.8. The third-order valence-corrected chi connectivity index (χ3v) is 6.33. The lowest BCUT2D eigenvalue weighted by Crippen LogP contribution is -2.32. The Hall–Kier alpha value is -2.80. The second kappa shape index (κ2) is 7.55. The summed E-state index contributed by atoms with van der Waals surface area (Å²) in [6.45, 7) is 3.76. The number of rotatable bonds is 4. The largest absolute Gasteiger partial charge is 0.486 e. The molecule has 5 rings (SSSR count). The van der Waals surface area contributed by atoms with E-state index in [4.69, 9.17) is 13.9 Å². The fourth-order valence-electron chi connectivity index (χ4n) is 4.02. The van der Waals surface area contributed by atoms with Gasteiger partial charge >= 0.3 is 0 Å². The van der Waals surface area contributed by atoms with E-state index in [1.165, 1.54) is 0 Å². The van der Waals surface area contributed by atoms with Crippen LogP contribution in [-0.2, 0) is 11.2 Å². The summed E-state index contributed by atoms with van der Waals surface area (Å²) in [7, 11) is 0. The van der Waals surface area contributed by atoms with Crippen LogP contribution in [-0.4, -0.2) is 35.5 Å². The quantitative estimate of drug-likeness (QED) is 0.638. The van der Waals surface area contributed by atoms with Crippen molar-refractivity contribution >= 4 is 17.2 Å². The average molecular weight is 410 g/mol. The third-order valence-electron chi connectivity index (χ3n) is 5.47. The lowest BCUT2D eigenvalue weighted by Gasteiger charge is -2.26. The molecule has 0 N–H and O–H groups in total. The van der Waals surface area contributed by atoms with Gasteiger partial charge in [-0.2, -0.15) is 0 Å². The van der Waals surface area contributed by atoms with Gasteiger partial charge in [-0.05, 0) is 48.9 Å². The number of hydrogen-bond acceptors (Lipinski definition) is 6. The van der Waals surface area contributed by atoms with Gasteiger partial charge in [-0.1, -0.05) is 12.1 Å². The highest BCUT2D eigenvalue weighted by atomic mass is 32.1. The van der Waals surface area contributed by atoms with Crippen LogP contribution in [0.2, 0.25) is 0 Å². The average Bonchev–Trinajstić information content (AvgIpc) is 3.49. The maximum atomic E-state index is 13.1. The Balaban J connectivity index is 1.34. The zero-order chi connectivity index (χ0) is 19.8. The van der Waals surface area contributed by atoms with Crippen molar-refractivity contribution in [2.75, 3.05) is 19.8 Å². The first-order valence-electron chi connectivity index (χ1n) is 9.88. The van der Waals surface area contributed by atoms with Crippen LogP contribution in [0.15, 0.2) is 40.1 Å². The number of ether oxygens (including phenoxy) is 2. The van der Waals surface area contributed by atoms with E-state index in [2.05, 4.69) is 4.98 Å². The van der Waals surface area contributed by atoms with Crippen LogP contribution in [0.4, 0.5) is 0 Å². The Morgan fingerprint density at radius 2 is 2.10 bits per heavy atom. The minimum absolute atomic E-state index is 0.0577. The summed E-state index contributed by atoms with van der Waals surface area (Å²) in [5.74, 6) is 2.91. The Kier molecular flexibility index (Phi) is 4.75. The number of carbonyl (C=O) groups is 1. The summed E-state index contributed by atoms with van der Waals surface area (Å²) in [6.07, 6.45) is 2.19. The monoisotopic (exact) mass is 410 g/mol. The predicted octanol–water partition coefficient (Wildman–Crippen LogP) is 4.39. The molecule has 6 nitrogen and oxygen atoms in total. The second-order valence-corrected chi connectivity index (χ2v) is 8.27. The standard InChI is InChI=1S/C22H22N2O4S/c1-14-16(23-22(28-14)20-5-3-11-29-20)13-21(25)24-8-2-4-17(24)15-6-7-18-19(12-15)27-10-9-26-18/h3,5-7,11-12,17H,2,4,8-10,13H2,1H3. The van der Waals surface area contributed by atoms with Crippen LogP contribution in [0.1, 0.15) is 35.9 Å². The summed E-state index contributed by atoms with van der Waals surface area (Å²) in [5, 5.41) is 1.99. The number of likely N-dealkylation sites (tertiary alicyclic amines) is 1. The number of carbonyl (C=O) groups excluding carboxylic acids is 1. The van der Waals surface area contributed by atoms with E-state index < -0.39 is 0 Å². The van der Waals surface area contributed by atoms with Crippen molar-refractivity contribution in [2.24, 2.45) is 0 Å². The lowest BCUT2D eigenvalue weighted by atomic mass is 10.0. The van der Waals surface area contributed by atoms with Crippen molar-refractivity contribution in [2.45, 2.75) is 32.2 Å². The molecule has 150 valence electrons. The minimum Gasteiger partial charge on any atom is -0.486 e. The number of thiophene rings is 1. The Morgan fingerprint density at radius 1 is 1.24 bits per heavy atom. The van der Waals surface area contributed by atoms with E-state index >= 15 is 0 Å². The number of oxazole rings is 1. The molecule has 1 unspecified atom stereocenters. The molecule has 2 aliphatic heterocycles. The highest BCUT2D eigenvalue weighted by Crippen LogP contribution is 2.38. The molecular weight excluding hydrogens is 388 g/mol. The maximum Gasteiger partial charge on any atom is 0.236 e. The first-order chi connectivity index (χ1) is 14.2. The topological polar surface area (TPSA) is 64.8 Å². The zero-order valence-corrected chi connectivity index (χ0v) is 17.0. The van der Waals surface area contributed by atoms with E-state index in [0.717, 1.165) is 41.3 Å². The molecular formula is C22H22N2O4S. The number of aromatic nitrogens is 1. The van der Waals surface area contributed by atoms with Gasteiger partial charge in [0.05, 0.1) is 23.0 Å². The summed E-state index contributed by atoms with van der Waals surface area (Å²) in [5.41, 5.74) is 1.81.